The van der Waals surface area contributed by atoms with Crippen LogP contribution in [0.3, 0.4) is 0 Å². The lowest BCUT2D eigenvalue weighted by atomic mass is 9.79. The molecule has 0 atom stereocenters. The molecule has 1 saturated carbocycles. The smallest absolute Gasteiger partial charge is 0.0991 e. The lowest BCUT2D eigenvalue weighted by Crippen LogP contribution is -2.12. The maximum absolute atomic E-state index is 8.79. The zero-order valence-corrected chi connectivity index (χ0v) is 13.9. The summed E-state index contributed by atoms with van der Waals surface area (Å²) in [5, 5.41) is 8.79. The SMILES string of the molecule is CCCCC1CCC(/C=C/CCc2ccc(C#N)cc2)CC1. The first-order valence-corrected chi connectivity index (χ1v) is 8.97. The highest BCUT2D eigenvalue weighted by atomic mass is 14.2. The predicted molar refractivity (Wildman–Crippen MR) is 93.6 cm³/mol. The summed E-state index contributed by atoms with van der Waals surface area (Å²) in [6.45, 7) is 2.29. The molecule has 0 aliphatic heterocycles. The first-order valence-electron chi connectivity index (χ1n) is 8.97. The highest BCUT2D eigenvalue weighted by Crippen LogP contribution is 2.32. The van der Waals surface area contributed by atoms with Crippen LogP contribution in [0.15, 0.2) is 36.4 Å². The van der Waals surface area contributed by atoms with Crippen molar-refractivity contribution in [2.24, 2.45) is 11.8 Å². The summed E-state index contributed by atoms with van der Waals surface area (Å²) in [6, 6.07) is 10.1. The molecule has 0 amide bonds. The van der Waals surface area contributed by atoms with Crippen molar-refractivity contribution in [1.29, 1.82) is 5.26 Å². The van der Waals surface area contributed by atoms with Crippen LogP contribution in [0.2, 0.25) is 0 Å². The fourth-order valence-electron chi connectivity index (χ4n) is 3.45. The van der Waals surface area contributed by atoms with E-state index >= 15 is 0 Å². The van der Waals surface area contributed by atoms with Gasteiger partial charge in [0, 0.05) is 0 Å². The average molecular weight is 295 g/mol. The van der Waals surface area contributed by atoms with Gasteiger partial charge in [-0.15, -0.1) is 0 Å². The second-order valence-corrected chi connectivity index (χ2v) is 6.70. The highest BCUT2D eigenvalue weighted by Gasteiger charge is 2.18. The van der Waals surface area contributed by atoms with E-state index in [9.17, 15) is 0 Å². The number of benzene rings is 1. The molecule has 0 spiro atoms. The number of unbranched alkanes of at least 4 members (excludes halogenated alkanes) is 1. The Labute approximate surface area is 136 Å². The van der Waals surface area contributed by atoms with Gasteiger partial charge in [0.1, 0.15) is 0 Å². The Hall–Kier alpha value is -1.55. The van der Waals surface area contributed by atoms with Crippen molar-refractivity contribution in [3.63, 3.8) is 0 Å². The van der Waals surface area contributed by atoms with E-state index in [-0.39, 0.29) is 0 Å². The van der Waals surface area contributed by atoms with Gasteiger partial charge in [0.05, 0.1) is 11.6 Å². The molecule has 1 aliphatic carbocycles. The summed E-state index contributed by atoms with van der Waals surface area (Å²) in [7, 11) is 0. The topological polar surface area (TPSA) is 23.8 Å². The van der Waals surface area contributed by atoms with Gasteiger partial charge in [0.15, 0.2) is 0 Å². The third-order valence-corrected chi connectivity index (χ3v) is 4.95. The lowest BCUT2D eigenvalue weighted by molar-refractivity contribution is 0.290. The maximum Gasteiger partial charge on any atom is 0.0991 e. The van der Waals surface area contributed by atoms with Gasteiger partial charge in [-0.05, 0) is 68.1 Å². The number of hydrogen-bond acceptors (Lipinski definition) is 1. The average Bonchev–Trinajstić information content (AvgIpc) is 2.58. The summed E-state index contributed by atoms with van der Waals surface area (Å²) in [5.41, 5.74) is 2.08. The van der Waals surface area contributed by atoms with Gasteiger partial charge in [-0.3, -0.25) is 0 Å². The fraction of sp³-hybridized carbons (Fsp3) is 0.571. The molecule has 1 aromatic rings. The lowest BCUT2D eigenvalue weighted by Gasteiger charge is -2.26. The first kappa shape index (κ1) is 16.8. The van der Waals surface area contributed by atoms with E-state index in [1.807, 2.05) is 12.1 Å². The standard InChI is InChI=1S/C21H29N/c1-2-3-6-18-9-11-19(12-10-18)7-4-5-8-20-13-15-21(17-22)16-14-20/h4,7,13-16,18-19H,2-3,5-6,8-12H2,1H3/b7-4+. The number of rotatable bonds is 7. The van der Waals surface area contributed by atoms with Crippen LogP contribution in [-0.4, -0.2) is 0 Å². The van der Waals surface area contributed by atoms with E-state index in [2.05, 4.69) is 37.3 Å². The van der Waals surface area contributed by atoms with Crippen LogP contribution in [0.25, 0.3) is 0 Å². The minimum atomic E-state index is 0.749. The minimum absolute atomic E-state index is 0.749. The molecule has 1 aliphatic rings. The van der Waals surface area contributed by atoms with E-state index in [1.54, 1.807) is 0 Å². The fourth-order valence-corrected chi connectivity index (χ4v) is 3.45. The van der Waals surface area contributed by atoms with Gasteiger partial charge in [0.25, 0.3) is 0 Å². The third-order valence-electron chi connectivity index (χ3n) is 4.95. The van der Waals surface area contributed by atoms with Gasteiger partial charge in [0.2, 0.25) is 0 Å². The van der Waals surface area contributed by atoms with Gasteiger partial charge in [-0.1, -0.05) is 50.5 Å². The Balaban J connectivity index is 1.65. The zero-order chi connectivity index (χ0) is 15.6. The molecule has 118 valence electrons. The number of allylic oxidation sites excluding steroid dienone is 2. The van der Waals surface area contributed by atoms with Gasteiger partial charge in [-0.2, -0.15) is 5.26 Å². The molecule has 0 aromatic heterocycles. The zero-order valence-electron chi connectivity index (χ0n) is 13.9. The molecule has 0 unspecified atom stereocenters. The number of aryl methyl sites for hydroxylation is 1. The molecule has 2 rings (SSSR count). The van der Waals surface area contributed by atoms with Crippen LogP contribution in [0, 0.1) is 23.2 Å². The Morgan fingerprint density at radius 2 is 1.86 bits per heavy atom. The van der Waals surface area contributed by atoms with Crippen molar-refractivity contribution in [1.82, 2.24) is 0 Å². The van der Waals surface area contributed by atoms with Crippen molar-refractivity contribution in [2.45, 2.75) is 64.7 Å². The normalized spacial score (nSPS) is 21.8. The quantitative estimate of drug-likeness (QED) is 0.562. The summed E-state index contributed by atoms with van der Waals surface area (Å²) in [4.78, 5) is 0. The number of nitrogens with zero attached hydrogens (tertiary/aromatic N) is 1. The molecular formula is C21H29N. The molecule has 0 heterocycles. The van der Waals surface area contributed by atoms with Crippen molar-refractivity contribution >= 4 is 0 Å². The van der Waals surface area contributed by atoms with Gasteiger partial charge >= 0.3 is 0 Å². The van der Waals surface area contributed by atoms with Crippen LogP contribution in [0.4, 0.5) is 0 Å². The van der Waals surface area contributed by atoms with Crippen LogP contribution in [-0.2, 0) is 6.42 Å². The Kier molecular flexibility index (Phi) is 7.23. The van der Waals surface area contributed by atoms with Crippen LogP contribution in [0.1, 0.15) is 69.4 Å². The van der Waals surface area contributed by atoms with Crippen molar-refractivity contribution in [2.75, 3.05) is 0 Å². The molecule has 0 radical (unpaired) electrons. The van der Waals surface area contributed by atoms with Crippen LogP contribution < -0.4 is 0 Å². The molecule has 1 aromatic carbocycles. The maximum atomic E-state index is 8.79. The minimum Gasteiger partial charge on any atom is -0.192 e. The predicted octanol–water partition coefficient (Wildman–Crippen LogP) is 6.04. The molecule has 1 nitrogen and oxygen atoms in total. The second-order valence-electron chi connectivity index (χ2n) is 6.70. The van der Waals surface area contributed by atoms with Gasteiger partial charge in [-0.25, -0.2) is 0 Å². The number of hydrogen-bond donors (Lipinski definition) is 0. The van der Waals surface area contributed by atoms with Gasteiger partial charge < -0.3 is 0 Å². The van der Waals surface area contributed by atoms with E-state index in [0.717, 1.165) is 30.2 Å². The summed E-state index contributed by atoms with van der Waals surface area (Å²) in [5.74, 6) is 1.82. The molecule has 22 heavy (non-hydrogen) atoms. The molecule has 1 heteroatoms. The summed E-state index contributed by atoms with van der Waals surface area (Å²) in [6.07, 6.45) is 16.9. The number of nitriles is 1. The third kappa shape index (κ3) is 5.68. The van der Waals surface area contributed by atoms with Crippen molar-refractivity contribution in [3.8, 4) is 6.07 Å². The Morgan fingerprint density at radius 1 is 1.14 bits per heavy atom. The Bertz CT molecular complexity index is 484. The van der Waals surface area contributed by atoms with Crippen LogP contribution >= 0.6 is 0 Å². The van der Waals surface area contributed by atoms with Crippen molar-refractivity contribution in [3.05, 3.63) is 47.5 Å². The van der Waals surface area contributed by atoms with E-state index in [0.29, 0.717) is 0 Å². The van der Waals surface area contributed by atoms with E-state index in [4.69, 9.17) is 5.26 Å². The summed E-state index contributed by atoms with van der Waals surface area (Å²) < 4.78 is 0. The van der Waals surface area contributed by atoms with E-state index < -0.39 is 0 Å². The van der Waals surface area contributed by atoms with Crippen LogP contribution in [0.5, 0.6) is 0 Å². The molecule has 0 bridgehead atoms. The molecular weight excluding hydrogens is 266 g/mol. The Morgan fingerprint density at radius 3 is 2.50 bits per heavy atom. The molecule has 1 fully saturated rings. The largest absolute Gasteiger partial charge is 0.192 e. The summed E-state index contributed by atoms with van der Waals surface area (Å²) >= 11 is 0. The first-order chi connectivity index (χ1) is 10.8. The monoisotopic (exact) mass is 295 g/mol. The van der Waals surface area contributed by atoms with Crippen molar-refractivity contribution < 1.29 is 0 Å². The highest BCUT2D eigenvalue weighted by molar-refractivity contribution is 5.31. The van der Waals surface area contributed by atoms with E-state index in [1.165, 1.54) is 50.5 Å². The second kappa shape index (κ2) is 9.46. The molecule has 0 saturated heterocycles. The molecule has 0 N–H and O–H groups in total.